The number of H-pyrrole nitrogens is 1. The smallest absolute Gasteiger partial charge is 0.197 e. The average molecular weight is 503 g/mol. The van der Waals surface area contributed by atoms with E-state index in [4.69, 9.17) is 9.72 Å². The Morgan fingerprint density at radius 3 is 2.74 bits per heavy atom. The van der Waals surface area contributed by atoms with Crippen molar-refractivity contribution in [1.29, 1.82) is 0 Å². The molecule has 4 aromatic rings. The molecule has 5 rings (SSSR count). The number of hydrogen-bond donors (Lipinski definition) is 1. The first-order chi connectivity index (χ1) is 16.2. The summed E-state index contributed by atoms with van der Waals surface area (Å²) in [5.74, 6) is 1.60. The third-order valence-electron chi connectivity index (χ3n) is 6.55. The van der Waals surface area contributed by atoms with Crippen molar-refractivity contribution >= 4 is 37.2 Å². The summed E-state index contributed by atoms with van der Waals surface area (Å²) in [5.41, 5.74) is 4.96. The monoisotopic (exact) mass is 502 g/mol. The number of aromatic amines is 1. The Balaban J connectivity index is 1.42. The standard InChI is InChI=1S/C23H30N6O3S2/c1-14(2)18-19(16-11-17(32-3)21-24-13-25-29(21)12-16)26-23-20(18)27-22(33-23)15-5-7-28(8-6-15)9-10-34(4,30)31/h11-15,26H,5-10H2,1-4H3. The number of aromatic nitrogens is 5. The molecular formula is C23H30N6O3S2. The van der Waals surface area contributed by atoms with E-state index in [0.29, 0.717) is 23.9 Å². The summed E-state index contributed by atoms with van der Waals surface area (Å²) in [4.78, 5) is 16.4. The summed E-state index contributed by atoms with van der Waals surface area (Å²) >= 11 is 1.74. The Bertz CT molecular complexity index is 1430. The number of piperidine rings is 1. The Kier molecular flexibility index (Phi) is 6.11. The average Bonchev–Trinajstić information content (AvgIpc) is 3.50. The van der Waals surface area contributed by atoms with E-state index in [1.54, 1.807) is 23.0 Å². The molecule has 0 aromatic carbocycles. The van der Waals surface area contributed by atoms with Gasteiger partial charge in [-0.1, -0.05) is 13.8 Å². The van der Waals surface area contributed by atoms with Crippen LogP contribution in [0.3, 0.4) is 0 Å². The Morgan fingerprint density at radius 2 is 2.06 bits per heavy atom. The topological polar surface area (TPSA) is 105 Å². The van der Waals surface area contributed by atoms with E-state index in [0.717, 1.165) is 47.5 Å². The summed E-state index contributed by atoms with van der Waals surface area (Å²) in [6, 6.07) is 2.00. The number of sulfone groups is 1. The maximum absolute atomic E-state index is 11.5. The molecule has 1 fully saturated rings. The molecule has 5 heterocycles. The van der Waals surface area contributed by atoms with Gasteiger partial charge in [-0.2, -0.15) is 5.10 Å². The number of hydrogen-bond acceptors (Lipinski definition) is 8. The van der Waals surface area contributed by atoms with Gasteiger partial charge in [-0.15, -0.1) is 11.3 Å². The van der Waals surface area contributed by atoms with Crippen molar-refractivity contribution in [2.45, 2.75) is 38.5 Å². The lowest BCUT2D eigenvalue weighted by atomic mass is 9.97. The number of likely N-dealkylation sites (tertiary alicyclic amines) is 1. The zero-order valence-corrected chi connectivity index (χ0v) is 21.5. The number of ether oxygens (including phenoxy) is 1. The normalized spacial score (nSPS) is 16.3. The third-order valence-corrected chi connectivity index (χ3v) is 8.61. The predicted molar refractivity (Wildman–Crippen MR) is 135 cm³/mol. The summed E-state index contributed by atoms with van der Waals surface area (Å²) in [6.07, 6.45) is 6.81. The minimum atomic E-state index is -2.93. The molecule has 1 aliphatic heterocycles. The molecule has 1 saturated heterocycles. The van der Waals surface area contributed by atoms with Gasteiger partial charge in [0.2, 0.25) is 0 Å². The van der Waals surface area contributed by atoms with Crippen LogP contribution in [-0.2, 0) is 9.84 Å². The van der Waals surface area contributed by atoms with Gasteiger partial charge in [0.05, 0.1) is 23.6 Å². The number of nitrogens with zero attached hydrogens (tertiary/aromatic N) is 5. The SMILES string of the molecule is COc1cc(-c2[nH]c3sc(C4CCN(CCS(C)(=O)=O)CC4)nc3c2C(C)C)cn2ncnc12. The number of pyridine rings is 1. The van der Waals surface area contributed by atoms with Gasteiger partial charge in [0.25, 0.3) is 0 Å². The molecule has 1 N–H and O–H groups in total. The van der Waals surface area contributed by atoms with E-state index in [9.17, 15) is 8.42 Å². The molecule has 0 saturated carbocycles. The largest absolute Gasteiger partial charge is 0.493 e. The summed E-state index contributed by atoms with van der Waals surface area (Å²) in [5, 5.41) is 5.47. The van der Waals surface area contributed by atoms with Crippen molar-refractivity contribution in [1.82, 2.24) is 29.5 Å². The number of methoxy groups -OCH3 is 1. The molecule has 9 nitrogen and oxygen atoms in total. The minimum absolute atomic E-state index is 0.226. The van der Waals surface area contributed by atoms with Gasteiger partial charge in [0.15, 0.2) is 11.4 Å². The van der Waals surface area contributed by atoms with Crippen LogP contribution in [0.1, 0.15) is 49.1 Å². The molecular weight excluding hydrogens is 472 g/mol. The van der Waals surface area contributed by atoms with E-state index in [1.165, 1.54) is 23.2 Å². The second kappa shape index (κ2) is 8.94. The van der Waals surface area contributed by atoms with Gasteiger partial charge in [-0.3, -0.25) is 0 Å². The van der Waals surface area contributed by atoms with Crippen molar-refractivity contribution in [2.75, 3.05) is 38.8 Å². The lowest BCUT2D eigenvalue weighted by molar-refractivity contribution is 0.223. The number of rotatable bonds is 7. The molecule has 0 unspecified atom stereocenters. The first-order valence-electron chi connectivity index (χ1n) is 11.5. The zero-order chi connectivity index (χ0) is 24.0. The van der Waals surface area contributed by atoms with Gasteiger partial charge in [0, 0.05) is 36.0 Å². The number of thiazole rings is 1. The number of nitrogens with one attached hydrogen (secondary N) is 1. The van der Waals surface area contributed by atoms with Crippen molar-refractivity contribution in [3.8, 4) is 17.0 Å². The summed E-state index contributed by atoms with van der Waals surface area (Å²) in [6.45, 7) is 6.82. The van der Waals surface area contributed by atoms with E-state index in [1.807, 2.05) is 12.3 Å². The van der Waals surface area contributed by atoms with Crippen LogP contribution in [0.25, 0.3) is 27.3 Å². The third kappa shape index (κ3) is 4.44. The van der Waals surface area contributed by atoms with Crippen LogP contribution < -0.4 is 4.74 Å². The van der Waals surface area contributed by atoms with Crippen LogP contribution in [0, 0.1) is 0 Å². The van der Waals surface area contributed by atoms with Crippen LogP contribution in [0.5, 0.6) is 5.75 Å². The van der Waals surface area contributed by atoms with Crippen molar-refractivity contribution in [2.24, 2.45) is 0 Å². The fourth-order valence-electron chi connectivity index (χ4n) is 4.75. The molecule has 0 spiro atoms. The highest BCUT2D eigenvalue weighted by Crippen LogP contribution is 2.41. The van der Waals surface area contributed by atoms with Gasteiger partial charge < -0.3 is 14.6 Å². The maximum Gasteiger partial charge on any atom is 0.197 e. The van der Waals surface area contributed by atoms with Gasteiger partial charge in [0.1, 0.15) is 26.5 Å². The van der Waals surface area contributed by atoms with E-state index in [-0.39, 0.29) is 11.7 Å². The van der Waals surface area contributed by atoms with E-state index < -0.39 is 9.84 Å². The van der Waals surface area contributed by atoms with Gasteiger partial charge in [-0.05, 0) is 37.9 Å². The fraction of sp³-hybridized carbons (Fsp3) is 0.522. The van der Waals surface area contributed by atoms with Crippen LogP contribution in [-0.4, -0.2) is 76.6 Å². The molecule has 11 heteroatoms. The first-order valence-corrected chi connectivity index (χ1v) is 14.4. The molecule has 182 valence electrons. The van der Waals surface area contributed by atoms with Gasteiger partial charge >= 0.3 is 0 Å². The molecule has 34 heavy (non-hydrogen) atoms. The summed E-state index contributed by atoms with van der Waals surface area (Å²) in [7, 11) is -1.28. The highest BCUT2D eigenvalue weighted by atomic mass is 32.2. The maximum atomic E-state index is 11.5. The molecule has 0 aliphatic carbocycles. The molecule has 0 bridgehead atoms. The first kappa shape index (κ1) is 23.3. The quantitative estimate of drug-likeness (QED) is 0.411. The lowest BCUT2D eigenvalue weighted by Gasteiger charge is -2.30. The Hall–Kier alpha value is -2.50. The van der Waals surface area contributed by atoms with Crippen LogP contribution in [0.4, 0.5) is 0 Å². The second-order valence-corrected chi connectivity index (χ2v) is 12.7. The summed E-state index contributed by atoms with van der Waals surface area (Å²) < 4.78 is 30.3. The number of fused-ring (bicyclic) bond motifs is 2. The second-order valence-electron chi connectivity index (χ2n) is 9.37. The van der Waals surface area contributed by atoms with E-state index in [2.05, 4.69) is 33.8 Å². The highest BCUT2D eigenvalue weighted by Gasteiger charge is 2.27. The zero-order valence-electron chi connectivity index (χ0n) is 19.9. The Morgan fingerprint density at radius 1 is 1.29 bits per heavy atom. The lowest BCUT2D eigenvalue weighted by Crippen LogP contribution is -2.36. The minimum Gasteiger partial charge on any atom is -0.493 e. The van der Waals surface area contributed by atoms with Crippen LogP contribution in [0.2, 0.25) is 0 Å². The Labute approximate surface area is 203 Å². The van der Waals surface area contributed by atoms with Gasteiger partial charge in [-0.25, -0.2) is 22.9 Å². The molecule has 0 atom stereocenters. The predicted octanol–water partition coefficient (Wildman–Crippen LogP) is 3.69. The van der Waals surface area contributed by atoms with Crippen molar-refractivity contribution in [3.63, 3.8) is 0 Å². The van der Waals surface area contributed by atoms with Crippen LogP contribution >= 0.6 is 11.3 Å². The van der Waals surface area contributed by atoms with E-state index >= 15 is 0 Å². The van der Waals surface area contributed by atoms with Crippen LogP contribution in [0.15, 0.2) is 18.6 Å². The molecule has 4 aromatic heterocycles. The molecule has 0 radical (unpaired) electrons. The fourth-order valence-corrected chi connectivity index (χ4v) is 6.49. The molecule has 0 amide bonds. The molecule has 1 aliphatic rings. The van der Waals surface area contributed by atoms with Crippen molar-refractivity contribution < 1.29 is 13.2 Å². The highest BCUT2D eigenvalue weighted by molar-refractivity contribution is 7.90. The van der Waals surface area contributed by atoms with Crippen molar-refractivity contribution in [3.05, 3.63) is 29.2 Å².